The molecule has 1 heterocycles. The normalized spacial score (nSPS) is 11.1. The van der Waals surface area contributed by atoms with Crippen molar-refractivity contribution in [2.45, 2.75) is 13.3 Å². The molecule has 2 aromatic carbocycles. The number of hydrogen-bond donors (Lipinski definition) is 1. The Bertz CT molecular complexity index is 691. The van der Waals surface area contributed by atoms with E-state index in [1.54, 1.807) is 0 Å². The lowest BCUT2D eigenvalue weighted by Gasteiger charge is -1.98. The van der Waals surface area contributed by atoms with E-state index >= 15 is 0 Å². The second-order valence-corrected chi connectivity index (χ2v) is 4.42. The molecule has 0 bridgehead atoms. The first-order chi connectivity index (χ1) is 9.17. The molecule has 0 fully saturated rings. The number of halogens is 2. The number of rotatable bonds is 2. The minimum Gasteiger partial charge on any atom is -0.338 e. The minimum atomic E-state index is -0.883. The zero-order valence-electron chi connectivity index (χ0n) is 10.4. The first-order valence-electron chi connectivity index (χ1n) is 6.11. The molecular formula is C15H12F2N2. The summed E-state index contributed by atoms with van der Waals surface area (Å²) >= 11 is 0. The van der Waals surface area contributed by atoms with Crippen LogP contribution in [0.1, 0.15) is 12.5 Å². The molecule has 0 aliphatic heterocycles. The van der Waals surface area contributed by atoms with Gasteiger partial charge >= 0.3 is 0 Å². The van der Waals surface area contributed by atoms with E-state index in [0.29, 0.717) is 16.9 Å². The van der Waals surface area contributed by atoms with E-state index in [9.17, 15) is 8.78 Å². The van der Waals surface area contributed by atoms with Gasteiger partial charge in [-0.3, -0.25) is 0 Å². The van der Waals surface area contributed by atoms with Gasteiger partial charge in [0.25, 0.3) is 0 Å². The van der Waals surface area contributed by atoms with Crippen molar-refractivity contribution >= 4 is 11.0 Å². The summed E-state index contributed by atoms with van der Waals surface area (Å²) in [5.74, 6) is -1.14. The average molecular weight is 258 g/mol. The van der Waals surface area contributed by atoms with E-state index in [2.05, 4.69) is 16.9 Å². The molecule has 0 amide bonds. The summed E-state index contributed by atoms with van der Waals surface area (Å²) in [6.07, 6.45) is 0.969. The number of nitrogens with zero attached hydrogens (tertiary/aromatic N) is 1. The van der Waals surface area contributed by atoms with Crippen molar-refractivity contribution in [1.29, 1.82) is 0 Å². The minimum absolute atomic E-state index is 0.425. The quantitative estimate of drug-likeness (QED) is 0.737. The van der Waals surface area contributed by atoms with Gasteiger partial charge in [0.05, 0.1) is 11.0 Å². The number of imidazole rings is 1. The van der Waals surface area contributed by atoms with Gasteiger partial charge in [-0.1, -0.05) is 31.2 Å². The highest BCUT2D eigenvalue weighted by Crippen LogP contribution is 2.22. The number of aryl methyl sites for hydroxylation is 1. The maximum Gasteiger partial charge on any atom is 0.161 e. The summed E-state index contributed by atoms with van der Waals surface area (Å²) in [5, 5.41) is 0. The molecule has 3 rings (SSSR count). The van der Waals surface area contributed by atoms with Crippen molar-refractivity contribution in [2.75, 3.05) is 0 Å². The van der Waals surface area contributed by atoms with E-state index in [1.807, 2.05) is 24.3 Å². The molecule has 3 aromatic rings. The number of aromatic amines is 1. The van der Waals surface area contributed by atoms with Crippen molar-refractivity contribution in [3.8, 4) is 11.4 Å². The Kier molecular flexibility index (Phi) is 2.78. The fourth-order valence-corrected chi connectivity index (χ4v) is 2.04. The maximum atomic E-state index is 13.1. The van der Waals surface area contributed by atoms with Crippen LogP contribution in [-0.2, 0) is 6.42 Å². The third-order valence-corrected chi connectivity index (χ3v) is 3.16. The highest BCUT2D eigenvalue weighted by molar-refractivity contribution is 5.79. The molecule has 96 valence electrons. The number of H-pyrrole nitrogens is 1. The summed E-state index contributed by atoms with van der Waals surface area (Å²) in [5.41, 5.74) is 3.05. The Morgan fingerprint density at radius 2 is 1.74 bits per heavy atom. The number of hydrogen-bond acceptors (Lipinski definition) is 1. The van der Waals surface area contributed by atoms with Crippen LogP contribution in [0.25, 0.3) is 22.4 Å². The molecule has 0 saturated carbocycles. The monoisotopic (exact) mass is 258 g/mol. The van der Waals surface area contributed by atoms with Crippen LogP contribution in [0.5, 0.6) is 0 Å². The van der Waals surface area contributed by atoms with Crippen molar-refractivity contribution < 1.29 is 8.78 Å². The summed E-state index contributed by atoms with van der Waals surface area (Å²) in [4.78, 5) is 7.28. The zero-order valence-corrected chi connectivity index (χ0v) is 10.4. The number of fused-ring (bicyclic) bond motifs is 1. The Morgan fingerprint density at radius 3 is 2.42 bits per heavy atom. The molecule has 1 N–H and O–H groups in total. The fraction of sp³-hybridized carbons (Fsp3) is 0.133. The van der Waals surface area contributed by atoms with Crippen molar-refractivity contribution in [3.63, 3.8) is 0 Å². The Balaban J connectivity index is 2.09. The van der Waals surface area contributed by atoms with E-state index < -0.39 is 11.6 Å². The first-order valence-corrected chi connectivity index (χ1v) is 6.11. The van der Waals surface area contributed by atoms with Crippen LogP contribution in [0, 0.1) is 11.6 Å². The molecule has 4 heteroatoms. The second-order valence-electron chi connectivity index (χ2n) is 4.42. The summed E-state index contributed by atoms with van der Waals surface area (Å²) in [6, 6.07) is 10.2. The first kappa shape index (κ1) is 11.8. The molecule has 0 atom stereocenters. The van der Waals surface area contributed by atoms with Gasteiger partial charge in [0.15, 0.2) is 11.6 Å². The number of nitrogens with one attached hydrogen (secondary N) is 1. The van der Waals surface area contributed by atoms with Crippen LogP contribution in [-0.4, -0.2) is 9.97 Å². The van der Waals surface area contributed by atoms with Gasteiger partial charge in [-0.2, -0.15) is 0 Å². The summed E-state index contributed by atoms with van der Waals surface area (Å²) in [7, 11) is 0. The Morgan fingerprint density at radius 1 is 1.05 bits per heavy atom. The van der Waals surface area contributed by atoms with E-state index in [-0.39, 0.29) is 0 Å². The Labute approximate surface area is 109 Å². The molecule has 0 aliphatic rings. The smallest absolute Gasteiger partial charge is 0.161 e. The van der Waals surface area contributed by atoms with Crippen LogP contribution in [0.15, 0.2) is 36.4 Å². The van der Waals surface area contributed by atoms with Crippen molar-refractivity contribution in [1.82, 2.24) is 9.97 Å². The van der Waals surface area contributed by atoms with Crippen LogP contribution in [0.2, 0.25) is 0 Å². The molecule has 0 saturated heterocycles. The van der Waals surface area contributed by atoms with E-state index in [0.717, 1.165) is 24.1 Å². The molecule has 1 aromatic heterocycles. The fourth-order valence-electron chi connectivity index (χ4n) is 2.04. The highest BCUT2D eigenvalue weighted by Gasteiger charge is 2.09. The van der Waals surface area contributed by atoms with Crippen molar-refractivity contribution in [2.24, 2.45) is 0 Å². The molecular weight excluding hydrogens is 246 g/mol. The van der Waals surface area contributed by atoms with Crippen molar-refractivity contribution in [3.05, 3.63) is 53.6 Å². The van der Waals surface area contributed by atoms with Crippen LogP contribution in [0.3, 0.4) is 0 Å². The molecule has 0 spiro atoms. The standard InChI is InChI=1S/C15H12F2N2/c1-2-9-3-5-10(6-4-9)15-18-13-7-11(16)12(17)8-14(13)19-15/h3-8H,2H2,1H3,(H,18,19). The van der Waals surface area contributed by atoms with Gasteiger partial charge < -0.3 is 4.98 Å². The van der Waals surface area contributed by atoms with E-state index in [4.69, 9.17) is 0 Å². The van der Waals surface area contributed by atoms with Gasteiger partial charge in [0, 0.05) is 17.7 Å². The second kappa shape index (κ2) is 4.46. The molecule has 2 nitrogen and oxygen atoms in total. The summed E-state index contributed by atoms with van der Waals surface area (Å²) in [6.45, 7) is 2.09. The lowest BCUT2D eigenvalue weighted by molar-refractivity contribution is 0.510. The van der Waals surface area contributed by atoms with E-state index in [1.165, 1.54) is 5.56 Å². The lowest BCUT2D eigenvalue weighted by Crippen LogP contribution is -1.82. The van der Waals surface area contributed by atoms with Gasteiger partial charge in [-0.15, -0.1) is 0 Å². The predicted molar refractivity (Wildman–Crippen MR) is 70.8 cm³/mol. The number of aromatic nitrogens is 2. The lowest BCUT2D eigenvalue weighted by atomic mass is 10.1. The zero-order chi connectivity index (χ0) is 13.4. The van der Waals surface area contributed by atoms with Gasteiger partial charge in [0.1, 0.15) is 5.82 Å². The maximum absolute atomic E-state index is 13.1. The number of benzene rings is 2. The molecule has 0 aliphatic carbocycles. The Hall–Kier alpha value is -2.23. The third-order valence-electron chi connectivity index (χ3n) is 3.16. The highest BCUT2D eigenvalue weighted by atomic mass is 19.2. The molecule has 0 unspecified atom stereocenters. The van der Waals surface area contributed by atoms with Crippen LogP contribution in [0.4, 0.5) is 8.78 Å². The van der Waals surface area contributed by atoms with Crippen LogP contribution < -0.4 is 0 Å². The van der Waals surface area contributed by atoms with Gasteiger partial charge in [-0.25, -0.2) is 13.8 Å². The van der Waals surface area contributed by atoms with Crippen LogP contribution >= 0.6 is 0 Å². The average Bonchev–Trinajstić information content (AvgIpc) is 2.82. The SMILES string of the molecule is CCc1ccc(-c2nc3cc(F)c(F)cc3[nH]2)cc1. The van der Waals surface area contributed by atoms with Gasteiger partial charge in [0.2, 0.25) is 0 Å². The van der Waals surface area contributed by atoms with Gasteiger partial charge in [-0.05, 0) is 12.0 Å². The molecule has 19 heavy (non-hydrogen) atoms. The molecule has 0 radical (unpaired) electrons. The topological polar surface area (TPSA) is 28.7 Å². The third kappa shape index (κ3) is 2.10. The largest absolute Gasteiger partial charge is 0.338 e. The summed E-state index contributed by atoms with van der Waals surface area (Å²) < 4.78 is 26.3. The predicted octanol–water partition coefficient (Wildman–Crippen LogP) is 4.07.